The van der Waals surface area contributed by atoms with Gasteiger partial charge in [0.25, 0.3) is 0 Å². The molecule has 0 radical (unpaired) electrons. The third-order valence-corrected chi connectivity index (χ3v) is 5.34. The average molecular weight is 328 g/mol. The van der Waals surface area contributed by atoms with Crippen molar-refractivity contribution in [3.8, 4) is 0 Å². The van der Waals surface area contributed by atoms with Crippen molar-refractivity contribution < 1.29 is 9.32 Å². The van der Waals surface area contributed by atoms with Crippen LogP contribution in [-0.2, 0) is 11.2 Å². The van der Waals surface area contributed by atoms with E-state index < -0.39 is 0 Å². The number of carbonyl (C=O) groups is 1. The van der Waals surface area contributed by atoms with Crippen LogP contribution in [0.4, 0.5) is 0 Å². The summed E-state index contributed by atoms with van der Waals surface area (Å²) >= 11 is 0. The maximum Gasteiger partial charge on any atom is 0.227 e. The van der Waals surface area contributed by atoms with E-state index in [9.17, 15) is 4.79 Å². The summed E-state index contributed by atoms with van der Waals surface area (Å²) < 4.78 is 7.55. The van der Waals surface area contributed by atoms with Crippen molar-refractivity contribution in [3.05, 3.63) is 34.7 Å². The summed E-state index contributed by atoms with van der Waals surface area (Å²) in [6, 6.07) is 0.358. The molecule has 2 aromatic rings. The number of carbonyl (C=O) groups excluding carboxylic acids is 1. The Hall–Kier alpha value is -2.11. The smallest absolute Gasteiger partial charge is 0.227 e. The number of nitrogens with zero attached hydrogens (tertiary/aromatic N) is 4. The van der Waals surface area contributed by atoms with E-state index in [1.807, 2.05) is 24.9 Å². The fraction of sp³-hybridized carbons (Fsp3) is 0.611. The number of likely N-dealkylation sites (tertiary alicyclic amines) is 1. The minimum absolute atomic E-state index is 0.164. The Balaban J connectivity index is 1.47. The summed E-state index contributed by atoms with van der Waals surface area (Å²) in [5.74, 6) is 2.76. The molecule has 0 N–H and O–H groups in total. The molecule has 3 heterocycles. The molecule has 1 atom stereocenters. The Labute approximate surface area is 141 Å². The monoisotopic (exact) mass is 328 g/mol. The van der Waals surface area contributed by atoms with Crippen molar-refractivity contribution in [2.45, 2.75) is 58.4 Å². The molecular formula is C18H24N4O2. The third kappa shape index (κ3) is 2.64. The first-order valence-electron chi connectivity index (χ1n) is 8.78. The van der Waals surface area contributed by atoms with Gasteiger partial charge < -0.3 is 14.0 Å². The number of aryl methyl sites for hydroxylation is 3. The zero-order chi connectivity index (χ0) is 16.8. The van der Waals surface area contributed by atoms with E-state index in [0.29, 0.717) is 18.4 Å². The maximum absolute atomic E-state index is 12.7. The maximum atomic E-state index is 12.7. The quantitative estimate of drug-likeness (QED) is 0.865. The van der Waals surface area contributed by atoms with Crippen molar-refractivity contribution in [1.82, 2.24) is 19.6 Å². The number of hydrogen-bond donors (Lipinski definition) is 0. The van der Waals surface area contributed by atoms with E-state index in [2.05, 4.69) is 21.6 Å². The number of hydrogen-bond acceptors (Lipinski definition) is 4. The topological polar surface area (TPSA) is 64.2 Å². The molecule has 6 nitrogen and oxygen atoms in total. The van der Waals surface area contributed by atoms with Gasteiger partial charge in [0, 0.05) is 36.5 Å². The highest BCUT2D eigenvalue weighted by molar-refractivity contribution is 5.79. The highest BCUT2D eigenvalue weighted by Gasteiger charge is 2.34. The van der Waals surface area contributed by atoms with E-state index in [-0.39, 0.29) is 5.91 Å². The third-order valence-electron chi connectivity index (χ3n) is 5.34. The molecular weight excluding hydrogens is 304 g/mol. The molecule has 4 rings (SSSR count). The van der Waals surface area contributed by atoms with Crippen LogP contribution in [0.2, 0.25) is 0 Å². The first kappa shape index (κ1) is 15.4. The highest BCUT2D eigenvalue weighted by atomic mass is 16.5. The van der Waals surface area contributed by atoms with Crippen LogP contribution in [-0.4, -0.2) is 38.6 Å². The molecule has 24 heavy (non-hydrogen) atoms. The standard InChI is InChI=1S/C18H24N4O2/c1-11-9-19-18(14-4-5-14)22(11)15-6-7-21(10-15)17(23)8-16-12(2)20-24-13(16)3/h9,14-15H,4-8,10H2,1-3H3. The van der Waals surface area contributed by atoms with Gasteiger partial charge in [-0.15, -0.1) is 0 Å². The van der Waals surface area contributed by atoms with Crippen LogP contribution in [0.15, 0.2) is 10.7 Å². The van der Waals surface area contributed by atoms with Crippen molar-refractivity contribution in [2.24, 2.45) is 0 Å². The van der Waals surface area contributed by atoms with E-state index in [1.54, 1.807) is 0 Å². The first-order chi connectivity index (χ1) is 11.5. The molecule has 1 amide bonds. The van der Waals surface area contributed by atoms with Crippen LogP contribution >= 0.6 is 0 Å². The van der Waals surface area contributed by atoms with Crippen molar-refractivity contribution in [1.29, 1.82) is 0 Å². The van der Waals surface area contributed by atoms with E-state index >= 15 is 0 Å². The lowest BCUT2D eigenvalue weighted by Gasteiger charge is -2.19. The predicted molar refractivity (Wildman–Crippen MR) is 88.9 cm³/mol. The second kappa shape index (κ2) is 5.76. The zero-order valence-corrected chi connectivity index (χ0v) is 14.6. The van der Waals surface area contributed by atoms with E-state index in [4.69, 9.17) is 4.52 Å². The van der Waals surface area contributed by atoms with Crippen molar-refractivity contribution >= 4 is 5.91 Å². The second-order valence-electron chi connectivity index (χ2n) is 7.16. The van der Waals surface area contributed by atoms with Crippen molar-refractivity contribution in [2.75, 3.05) is 13.1 Å². The minimum Gasteiger partial charge on any atom is -0.361 e. The SMILES string of the molecule is Cc1noc(C)c1CC(=O)N1CCC(n2c(C)cnc2C2CC2)C1. The van der Waals surface area contributed by atoms with Gasteiger partial charge in [0.2, 0.25) is 5.91 Å². The van der Waals surface area contributed by atoms with Gasteiger partial charge in [0.15, 0.2) is 0 Å². The van der Waals surface area contributed by atoms with Gasteiger partial charge in [0.05, 0.1) is 18.2 Å². The largest absolute Gasteiger partial charge is 0.361 e. The molecule has 0 bridgehead atoms. The number of amides is 1. The van der Waals surface area contributed by atoms with Gasteiger partial charge in [-0.1, -0.05) is 5.16 Å². The predicted octanol–water partition coefficient (Wildman–Crippen LogP) is 2.69. The van der Waals surface area contributed by atoms with Crippen molar-refractivity contribution in [3.63, 3.8) is 0 Å². The molecule has 128 valence electrons. The second-order valence-corrected chi connectivity index (χ2v) is 7.16. The fourth-order valence-electron chi connectivity index (χ4n) is 3.78. The van der Waals surface area contributed by atoms with Gasteiger partial charge in [-0.25, -0.2) is 4.98 Å². The zero-order valence-electron chi connectivity index (χ0n) is 14.6. The molecule has 1 saturated carbocycles. The molecule has 2 fully saturated rings. The van der Waals surface area contributed by atoms with Crippen LogP contribution in [0.3, 0.4) is 0 Å². The van der Waals surface area contributed by atoms with Crippen LogP contribution in [0.25, 0.3) is 0 Å². The molecule has 1 unspecified atom stereocenters. The molecule has 2 aliphatic rings. The Morgan fingerprint density at radius 2 is 2.08 bits per heavy atom. The molecule has 1 aliphatic carbocycles. The lowest BCUT2D eigenvalue weighted by atomic mass is 10.1. The van der Waals surface area contributed by atoms with E-state index in [0.717, 1.165) is 36.5 Å². The number of aromatic nitrogens is 3. The fourth-order valence-corrected chi connectivity index (χ4v) is 3.78. The number of imidazole rings is 1. The van der Waals surface area contributed by atoms with Gasteiger partial charge in [0.1, 0.15) is 11.6 Å². The molecule has 1 saturated heterocycles. The van der Waals surface area contributed by atoms with Gasteiger partial charge in [-0.2, -0.15) is 0 Å². The van der Waals surface area contributed by atoms with Gasteiger partial charge in [-0.3, -0.25) is 4.79 Å². The summed E-state index contributed by atoms with van der Waals surface area (Å²) in [6.45, 7) is 7.47. The number of rotatable bonds is 4. The Kier molecular flexibility index (Phi) is 3.70. The summed E-state index contributed by atoms with van der Waals surface area (Å²) in [5.41, 5.74) is 2.96. The lowest BCUT2D eigenvalue weighted by Crippen LogP contribution is -2.31. The average Bonchev–Trinajstić information content (AvgIpc) is 3.03. The van der Waals surface area contributed by atoms with E-state index in [1.165, 1.54) is 24.4 Å². The molecule has 1 aliphatic heterocycles. The minimum atomic E-state index is 0.164. The summed E-state index contributed by atoms with van der Waals surface area (Å²) in [5, 5.41) is 3.94. The normalized spacial score (nSPS) is 20.8. The van der Waals surface area contributed by atoms with Crippen LogP contribution < -0.4 is 0 Å². The van der Waals surface area contributed by atoms with Crippen LogP contribution in [0.5, 0.6) is 0 Å². The van der Waals surface area contributed by atoms with Gasteiger partial charge >= 0.3 is 0 Å². The molecule has 0 spiro atoms. The Morgan fingerprint density at radius 3 is 2.75 bits per heavy atom. The Morgan fingerprint density at radius 1 is 1.29 bits per heavy atom. The summed E-state index contributed by atoms with van der Waals surface area (Å²) in [7, 11) is 0. The van der Waals surface area contributed by atoms with Crippen LogP contribution in [0, 0.1) is 20.8 Å². The summed E-state index contributed by atoms with van der Waals surface area (Å²) in [4.78, 5) is 19.3. The summed E-state index contributed by atoms with van der Waals surface area (Å²) in [6.07, 6.45) is 5.86. The highest BCUT2D eigenvalue weighted by Crippen LogP contribution is 2.41. The molecule has 0 aromatic carbocycles. The Bertz CT molecular complexity index is 753. The molecule has 2 aromatic heterocycles. The lowest BCUT2D eigenvalue weighted by molar-refractivity contribution is -0.129. The first-order valence-corrected chi connectivity index (χ1v) is 8.78. The van der Waals surface area contributed by atoms with Gasteiger partial charge in [-0.05, 0) is 40.0 Å². The molecule has 6 heteroatoms. The van der Waals surface area contributed by atoms with Crippen LogP contribution in [0.1, 0.15) is 59.8 Å².